The number of fused-ring (bicyclic) bond motifs is 2. The Morgan fingerprint density at radius 3 is 2.46 bits per heavy atom. The maximum Gasteiger partial charge on any atom is 0.263 e. The Hall–Kier alpha value is -6.27. The Kier molecular flexibility index (Phi) is 9.15. The van der Waals surface area contributed by atoms with E-state index < -0.39 is 39.7 Å². The first-order valence-corrected chi connectivity index (χ1v) is 20.2. The third-order valence-corrected chi connectivity index (χ3v) is 12.4. The maximum absolute atomic E-state index is 13.7. The van der Waals surface area contributed by atoms with Crippen LogP contribution in [-0.2, 0) is 26.2 Å². The molecule has 57 heavy (non-hydrogen) atoms. The number of methoxy groups -OCH3 is 1. The van der Waals surface area contributed by atoms with Gasteiger partial charge in [0.25, 0.3) is 21.8 Å². The zero-order chi connectivity index (χ0) is 39.4. The second-order valence-electron chi connectivity index (χ2n) is 14.7. The molecule has 1 atom stereocenters. The van der Waals surface area contributed by atoms with Gasteiger partial charge in [-0.2, -0.15) is 5.10 Å². The molecule has 4 aliphatic rings. The van der Waals surface area contributed by atoms with Crippen LogP contribution in [0.5, 0.6) is 5.75 Å². The number of rotatable bonds is 11. The van der Waals surface area contributed by atoms with Gasteiger partial charge in [0.05, 0.1) is 29.7 Å². The molecule has 0 bridgehead atoms. The Bertz CT molecular complexity index is 2530. The van der Waals surface area contributed by atoms with Gasteiger partial charge in [-0.25, -0.2) is 8.42 Å². The van der Waals surface area contributed by atoms with Gasteiger partial charge in [0.15, 0.2) is 11.4 Å². The first kappa shape index (κ1) is 36.4. The van der Waals surface area contributed by atoms with Crippen LogP contribution in [0.2, 0.25) is 0 Å². The minimum atomic E-state index is -4.03. The van der Waals surface area contributed by atoms with Gasteiger partial charge in [-0.3, -0.25) is 43.7 Å². The average molecular weight is 794 g/mol. The molecule has 294 valence electrons. The molecular formula is C39H39N9O8S. The van der Waals surface area contributed by atoms with E-state index in [2.05, 4.69) is 35.0 Å². The van der Waals surface area contributed by atoms with Crippen LogP contribution in [0.4, 0.5) is 17.2 Å². The molecule has 3 fully saturated rings. The van der Waals surface area contributed by atoms with Crippen molar-refractivity contribution in [2.24, 2.45) is 5.92 Å². The summed E-state index contributed by atoms with van der Waals surface area (Å²) >= 11 is 0. The number of sulfonamides is 1. The van der Waals surface area contributed by atoms with Gasteiger partial charge in [-0.1, -0.05) is 11.2 Å². The summed E-state index contributed by atoms with van der Waals surface area (Å²) in [5.41, 5.74) is 3.43. The molecule has 2 aromatic heterocycles. The zero-order valence-corrected chi connectivity index (χ0v) is 31.8. The number of nitrogens with zero attached hydrogens (tertiary/aromatic N) is 7. The van der Waals surface area contributed by atoms with Crippen LogP contribution in [0.15, 0.2) is 82.5 Å². The lowest BCUT2D eigenvalue weighted by Gasteiger charge is -2.45. The first-order valence-electron chi connectivity index (χ1n) is 18.7. The number of hydrogen-bond acceptors (Lipinski definition) is 13. The van der Waals surface area contributed by atoms with Crippen LogP contribution in [0, 0.1) is 5.92 Å². The summed E-state index contributed by atoms with van der Waals surface area (Å²) in [6.45, 7) is 6.04. The highest BCUT2D eigenvalue weighted by atomic mass is 32.2. The molecule has 5 aromatic rings. The quantitative estimate of drug-likeness (QED) is 0.186. The minimum absolute atomic E-state index is 0.0391. The molecule has 9 rings (SSSR count). The van der Waals surface area contributed by atoms with E-state index >= 15 is 0 Å². The number of carbonyl (C=O) groups is 4. The highest BCUT2D eigenvalue weighted by Crippen LogP contribution is 2.36. The Morgan fingerprint density at radius 1 is 0.912 bits per heavy atom. The number of imide groups is 2. The molecule has 4 amide bonds. The molecule has 0 aliphatic carbocycles. The largest absolute Gasteiger partial charge is 0.496 e. The van der Waals surface area contributed by atoms with Crippen molar-refractivity contribution < 1.29 is 36.9 Å². The summed E-state index contributed by atoms with van der Waals surface area (Å²) in [6, 6.07) is 16.5. The lowest BCUT2D eigenvalue weighted by atomic mass is 9.97. The van der Waals surface area contributed by atoms with Crippen molar-refractivity contribution in [2.45, 2.75) is 30.3 Å². The molecule has 18 heteroatoms. The van der Waals surface area contributed by atoms with Crippen molar-refractivity contribution in [3.05, 3.63) is 89.7 Å². The van der Waals surface area contributed by atoms with Gasteiger partial charge >= 0.3 is 0 Å². The van der Waals surface area contributed by atoms with Gasteiger partial charge in [-0.15, -0.1) is 0 Å². The molecule has 4 aliphatic heterocycles. The number of anilines is 3. The smallest absolute Gasteiger partial charge is 0.263 e. The lowest BCUT2D eigenvalue weighted by molar-refractivity contribution is -0.136. The summed E-state index contributed by atoms with van der Waals surface area (Å²) in [6.07, 6.45) is 3.72. The van der Waals surface area contributed by atoms with Crippen LogP contribution in [0.3, 0.4) is 0 Å². The van der Waals surface area contributed by atoms with Gasteiger partial charge in [0.2, 0.25) is 11.8 Å². The van der Waals surface area contributed by atoms with E-state index in [0.717, 1.165) is 67.7 Å². The number of hydrogen-bond donors (Lipinski definition) is 2. The number of carbonyl (C=O) groups excluding carboxylic acids is 4. The Balaban J connectivity index is 0.789. The monoisotopic (exact) mass is 793 g/mol. The van der Waals surface area contributed by atoms with Gasteiger partial charge < -0.3 is 19.1 Å². The van der Waals surface area contributed by atoms with E-state index in [0.29, 0.717) is 29.2 Å². The number of amides is 4. The van der Waals surface area contributed by atoms with Crippen LogP contribution >= 0.6 is 0 Å². The summed E-state index contributed by atoms with van der Waals surface area (Å²) < 4.78 is 42.8. The van der Waals surface area contributed by atoms with Crippen LogP contribution in [0.25, 0.3) is 11.0 Å². The number of nitrogens with one attached hydrogen (secondary N) is 2. The molecule has 2 N–H and O–H groups in total. The van der Waals surface area contributed by atoms with E-state index in [1.807, 2.05) is 30.5 Å². The van der Waals surface area contributed by atoms with Gasteiger partial charge in [-0.05, 0) is 66.6 Å². The highest BCUT2D eigenvalue weighted by molar-refractivity contribution is 7.92. The Labute approximate surface area is 327 Å². The van der Waals surface area contributed by atoms with Gasteiger partial charge in [0, 0.05) is 81.9 Å². The fraction of sp³-hybridized carbons (Fsp3) is 0.333. The molecule has 0 radical (unpaired) electrons. The predicted molar refractivity (Wildman–Crippen MR) is 207 cm³/mol. The molecule has 0 saturated carbocycles. The van der Waals surface area contributed by atoms with Crippen LogP contribution in [-0.4, -0.2) is 116 Å². The van der Waals surface area contributed by atoms with Crippen molar-refractivity contribution in [3.8, 4) is 5.75 Å². The molecule has 3 aromatic carbocycles. The number of piperidine rings is 1. The Morgan fingerprint density at radius 2 is 1.70 bits per heavy atom. The topological polar surface area (TPSA) is 193 Å². The molecular weight excluding hydrogens is 755 g/mol. The highest BCUT2D eigenvalue weighted by Gasteiger charge is 2.45. The van der Waals surface area contributed by atoms with Crippen molar-refractivity contribution >= 4 is 61.8 Å². The lowest BCUT2D eigenvalue weighted by Crippen LogP contribution is -2.55. The summed E-state index contributed by atoms with van der Waals surface area (Å²) in [5.74, 6) is -1.19. The predicted octanol–water partition coefficient (Wildman–Crippen LogP) is 2.54. The van der Waals surface area contributed by atoms with Crippen molar-refractivity contribution in [3.63, 3.8) is 0 Å². The zero-order valence-electron chi connectivity index (χ0n) is 31.0. The average Bonchev–Trinajstić information content (AvgIpc) is 3.91. The molecule has 0 spiro atoms. The van der Waals surface area contributed by atoms with Crippen molar-refractivity contribution in [1.29, 1.82) is 0 Å². The van der Waals surface area contributed by atoms with E-state index in [1.54, 1.807) is 47.3 Å². The number of piperazine rings is 1. The van der Waals surface area contributed by atoms with E-state index in [4.69, 9.17) is 9.26 Å². The number of aromatic nitrogens is 3. The van der Waals surface area contributed by atoms with E-state index in [9.17, 15) is 27.6 Å². The molecule has 6 heterocycles. The summed E-state index contributed by atoms with van der Waals surface area (Å²) in [4.78, 5) is 58.2. The number of benzene rings is 3. The summed E-state index contributed by atoms with van der Waals surface area (Å²) in [5, 5.41) is 10.9. The van der Waals surface area contributed by atoms with Crippen LogP contribution in [0.1, 0.15) is 39.1 Å². The second-order valence-corrected chi connectivity index (χ2v) is 16.4. The second kappa shape index (κ2) is 14.3. The third kappa shape index (κ3) is 6.84. The van der Waals surface area contributed by atoms with Crippen molar-refractivity contribution in [1.82, 2.24) is 30.1 Å². The third-order valence-electron chi connectivity index (χ3n) is 11.1. The van der Waals surface area contributed by atoms with E-state index in [1.165, 1.54) is 7.11 Å². The SMILES string of the molecule is COc1cc(Cn2cccn2)cc2onc(NS(=O)(=O)c3cccc(N4CCN(CC5CN(c6ccc7c(c6)C(=O)N(C6CCC(=O)NC6=O)C7=O)C5)CC4)c3)c12. The summed E-state index contributed by atoms with van der Waals surface area (Å²) in [7, 11) is -2.52. The van der Waals surface area contributed by atoms with Gasteiger partial charge in [0.1, 0.15) is 17.2 Å². The fourth-order valence-corrected chi connectivity index (χ4v) is 9.18. The molecule has 1 unspecified atom stereocenters. The fourth-order valence-electron chi connectivity index (χ4n) is 8.13. The molecule has 3 saturated heterocycles. The first-order chi connectivity index (χ1) is 27.5. The van der Waals surface area contributed by atoms with Crippen molar-refractivity contribution in [2.75, 3.05) is 67.4 Å². The standard InChI is InChI=1S/C39H39N9O8S/c1-55-32-16-24(23-47-11-3-10-40-47)17-33-35(32)36(42-56-33)43-57(53,54)28-5-2-4-26(18-28)45-14-12-44(13-15-45)20-25-21-46(22-25)27-6-7-29-30(19-27)39(52)48(38(29)51)31-8-9-34(49)41-37(31)50/h2-7,10-11,16-19,25,31H,8-9,12-15,20-23H2,1H3,(H,42,43)(H,41,49,50). The number of ether oxygens (including phenoxy) is 1. The molecule has 17 nitrogen and oxygen atoms in total. The van der Waals surface area contributed by atoms with E-state index in [-0.39, 0.29) is 34.7 Å². The maximum atomic E-state index is 13.7. The minimum Gasteiger partial charge on any atom is -0.496 e. The van der Waals surface area contributed by atoms with Crippen LogP contribution < -0.4 is 24.6 Å². The normalized spacial score (nSPS) is 19.2.